The number of hydrogen-bond acceptors (Lipinski definition) is 5. The van der Waals surface area contributed by atoms with Crippen molar-refractivity contribution in [2.24, 2.45) is 0 Å². The van der Waals surface area contributed by atoms with Gasteiger partial charge < -0.3 is 19.5 Å². The van der Waals surface area contributed by atoms with Crippen LogP contribution in [-0.4, -0.2) is 37.3 Å². The maximum Gasteiger partial charge on any atom is 0.341 e. The second-order valence-corrected chi connectivity index (χ2v) is 6.43. The third-order valence-electron chi connectivity index (χ3n) is 4.33. The molecule has 1 rings (SSSR count). The van der Waals surface area contributed by atoms with Crippen LogP contribution in [0.5, 0.6) is 5.75 Å². The van der Waals surface area contributed by atoms with E-state index in [0.717, 1.165) is 12.8 Å². The minimum absolute atomic E-state index is 0.0373. The molecule has 0 aliphatic carbocycles. The Morgan fingerprint density at radius 1 is 1.23 bits per heavy atom. The maximum absolute atomic E-state index is 12.6. The highest BCUT2D eigenvalue weighted by molar-refractivity contribution is 5.99. The van der Waals surface area contributed by atoms with E-state index in [0.29, 0.717) is 24.5 Å². The summed E-state index contributed by atoms with van der Waals surface area (Å²) in [5.74, 6) is -0.329. The Kier molecular flexibility index (Phi) is 8.58. The summed E-state index contributed by atoms with van der Waals surface area (Å²) in [5, 5.41) is 2.83. The Bertz CT molecular complexity index is 616. The number of esters is 1. The molecule has 0 aromatic heterocycles. The van der Waals surface area contributed by atoms with Crippen molar-refractivity contribution in [1.82, 2.24) is 0 Å². The molecule has 0 aliphatic heterocycles. The predicted octanol–water partition coefficient (Wildman–Crippen LogP) is 4.18. The molecule has 146 valence electrons. The molecule has 1 aromatic carbocycles. The van der Waals surface area contributed by atoms with E-state index in [1.807, 2.05) is 27.7 Å². The molecular weight excluding hydrogens is 334 g/mol. The van der Waals surface area contributed by atoms with Gasteiger partial charge in [-0.3, -0.25) is 4.79 Å². The fourth-order valence-electron chi connectivity index (χ4n) is 2.20. The van der Waals surface area contributed by atoms with Gasteiger partial charge in [0.2, 0.25) is 0 Å². The Morgan fingerprint density at radius 3 is 2.46 bits per heavy atom. The second-order valence-electron chi connectivity index (χ2n) is 6.43. The SMILES string of the molecule is CCCO[C@@](C)(CC)C(=O)Nc1ccc(O[C@H](C)CC)c(C(=O)OC)c1. The van der Waals surface area contributed by atoms with E-state index < -0.39 is 11.6 Å². The van der Waals surface area contributed by atoms with Crippen LogP contribution in [0.4, 0.5) is 5.69 Å². The number of methoxy groups -OCH3 is 1. The number of carbonyl (C=O) groups is 2. The first-order chi connectivity index (χ1) is 12.3. The lowest BCUT2D eigenvalue weighted by Gasteiger charge is -2.27. The fourth-order valence-corrected chi connectivity index (χ4v) is 2.20. The van der Waals surface area contributed by atoms with Gasteiger partial charge in [0.05, 0.1) is 13.2 Å². The molecular formula is C20H31NO5. The normalized spacial score (nSPS) is 14.2. The van der Waals surface area contributed by atoms with Crippen LogP contribution >= 0.6 is 0 Å². The van der Waals surface area contributed by atoms with E-state index in [9.17, 15) is 9.59 Å². The van der Waals surface area contributed by atoms with Crippen LogP contribution in [0.3, 0.4) is 0 Å². The van der Waals surface area contributed by atoms with Crippen molar-refractivity contribution in [3.8, 4) is 5.75 Å². The lowest BCUT2D eigenvalue weighted by atomic mass is 10.0. The summed E-state index contributed by atoms with van der Waals surface area (Å²) in [6.45, 7) is 10.1. The Labute approximate surface area is 156 Å². The van der Waals surface area contributed by atoms with E-state index in [-0.39, 0.29) is 17.6 Å². The first kappa shape index (κ1) is 22.0. The molecule has 0 bridgehead atoms. The summed E-state index contributed by atoms with van der Waals surface area (Å²) in [6.07, 6.45) is 2.14. The van der Waals surface area contributed by atoms with Crippen molar-refractivity contribution in [3.63, 3.8) is 0 Å². The lowest BCUT2D eigenvalue weighted by molar-refractivity contribution is -0.139. The third-order valence-corrected chi connectivity index (χ3v) is 4.33. The van der Waals surface area contributed by atoms with Gasteiger partial charge in [0.15, 0.2) is 0 Å². The summed E-state index contributed by atoms with van der Waals surface area (Å²) < 4.78 is 16.3. The zero-order chi connectivity index (χ0) is 19.7. The minimum Gasteiger partial charge on any atom is -0.490 e. The standard InChI is InChI=1S/C20H31NO5/c1-7-12-25-20(5,9-3)19(23)21-15-10-11-17(26-14(4)8-2)16(13-15)18(22)24-6/h10-11,13-14H,7-9,12H2,1-6H3,(H,21,23)/t14-,20+/m1/s1. The second kappa shape index (κ2) is 10.2. The van der Waals surface area contributed by atoms with Crippen LogP contribution in [0.1, 0.15) is 64.2 Å². The Morgan fingerprint density at radius 2 is 1.92 bits per heavy atom. The number of carbonyl (C=O) groups excluding carboxylic acids is 2. The fraction of sp³-hybridized carbons (Fsp3) is 0.600. The number of rotatable bonds is 10. The highest BCUT2D eigenvalue weighted by Gasteiger charge is 2.32. The molecule has 0 fully saturated rings. The predicted molar refractivity (Wildman–Crippen MR) is 102 cm³/mol. The van der Waals surface area contributed by atoms with Crippen LogP contribution in [-0.2, 0) is 14.3 Å². The highest BCUT2D eigenvalue weighted by atomic mass is 16.5. The van der Waals surface area contributed by atoms with Crippen molar-refractivity contribution < 1.29 is 23.8 Å². The molecule has 0 saturated heterocycles. The summed E-state index contributed by atoms with van der Waals surface area (Å²) >= 11 is 0. The van der Waals surface area contributed by atoms with Gasteiger partial charge >= 0.3 is 5.97 Å². The molecule has 0 spiro atoms. The molecule has 2 atom stereocenters. The van der Waals surface area contributed by atoms with Gasteiger partial charge in [0, 0.05) is 12.3 Å². The zero-order valence-electron chi connectivity index (χ0n) is 16.7. The largest absolute Gasteiger partial charge is 0.490 e. The van der Waals surface area contributed by atoms with Gasteiger partial charge in [-0.1, -0.05) is 20.8 Å². The van der Waals surface area contributed by atoms with Crippen molar-refractivity contribution in [3.05, 3.63) is 23.8 Å². The van der Waals surface area contributed by atoms with Gasteiger partial charge in [0.1, 0.15) is 16.9 Å². The van der Waals surface area contributed by atoms with E-state index in [2.05, 4.69) is 5.32 Å². The van der Waals surface area contributed by atoms with Crippen molar-refractivity contribution in [2.45, 2.75) is 65.6 Å². The molecule has 1 aromatic rings. The summed E-state index contributed by atoms with van der Waals surface area (Å²) in [7, 11) is 1.31. The van der Waals surface area contributed by atoms with Crippen molar-refractivity contribution in [2.75, 3.05) is 19.0 Å². The average molecular weight is 365 g/mol. The molecule has 26 heavy (non-hydrogen) atoms. The van der Waals surface area contributed by atoms with Crippen LogP contribution in [0.2, 0.25) is 0 Å². The number of hydrogen-bond donors (Lipinski definition) is 1. The molecule has 0 radical (unpaired) electrons. The monoisotopic (exact) mass is 365 g/mol. The van der Waals surface area contributed by atoms with Crippen LogP contribution in [0.25, 0.3) is 0 Å². The molecule has 1 amide bonds. The molecule has 1 N–H and O–H groups in total. The summed E-state index contributed by atoms with van der Waals surface area (Å²) in [6, 6.07) is 4.94. The number of ether oxygens (including phenoxy) is 3. The van der Waals surface area contributed by atoms with Crippen LogP contribution in [0.15, 0.2) is 18.2 Å². The van der Waals surface area contributed by atoms with E-state index in [1.54, 1.807) is 25.1 Å². The summed E-state index contributed by atoms with van der Waals surface area (Å²) in [5.41, 5.74) is -0.155. The summed E-state index contributed by atoms with van der Waals surface area (Å²) in [4.78, 5) is 24.7. The molecule has 0 saturated carbocycles. The van der Waals surface area contributed by atoms with Crippen molar-refractivity contribution >= 4 is 17.6 Å². The topological polar surface area (TPSA) is 73.9 Å². The first-order valence-electron chi connectivity index (χ1n) is 9.15. The molecule has 6 nitrogen and oxygen atoms in total. The van der Waals surface area contributed by atoms with Gasteiger partial charge in [0.25, 0.3) is 5.91 Å². The number of anilines is 1. The zero-order valence-corrected chi connectivity index (χ0v) is 16.7. The van der Waals surface area contributed by atoms with Crippen molar-refractivity contribution in [1.29, 1.82) is 0 Å². The maximum atomic E-state index is 12.6. The van der Waals surface area contributed by atoms with E-state index in [4.69, 9.17) is 14.2 Å². The molecule has 0 heterocycles. The van der Waals surface area contributed by atoms with E-state index >= 15 is 0 Å². The highest BCUT2D eigenvalue weighted by Crippen LogP contribution is 2.26. The minimum atomic E-state index is -0.923. The van der Waals surface area contributed by atoms with E-state index in [1.165, 1.54) is 7.11 Å². The number of amides is 1. The first-order valence-corrected chi connectivity index (χ1v) is 9.15. The number of benzene rings is 1. The molecule has 0 unspecified atom stereocenters. The quantitative estimate of drug-likeness (QED) is 0.630. The van der Waals surface area contributed by atoms with Gasteiger partial charge in [-0.05, 0) is 51.3 Å². The third kappa shape index (κ3) is 5.73. The lowest BCUT2D eigenvalue weighted by Crippen LogP contribution is -2.42. The Hall–Kier alpha value is -2.08. The van der Waals surface area contributed by atoms with Gasteiger partial charge in [-0.15, -0.1) is 0 Å². The van der Waals surface area contributed by atoms with Gasteiger partial charge in [-0.2, -0.15) is 0 Å². The smallest absolute Gasteiger partial charge is 0.341 e. The average Bonchev–Trinajstić information content (AvgIpc) is 2.66. The number of nitrogens with one attached hydrogen (secondary N) is 1. The molecule has 0 aliphatic rings. The Balaban J connectivity index is 3.06. The van der Waals surface area contributed by atoms with Crippen LogP contribution < -0.4 is 10.1 Å². The van der Waals surface area contributed by atoms with Gasteiger partial charge in [-0.25, -0.2) is 4.79 Å². The van der Waals surface area contributed by atoms with Crippen LogP contribution in [0, 0.1) is 0 Å². The molecule has 6 heteroatoms.